The van der Waals surface area contributed by atoms with E-state index in [0.717, 1.165) is 10.2 Å². The van der Waals surface area contributed by atoms with Gasteiger partial charge < -0.3 is 20.7 Å². The molecule has 0 saturated heterocycles. The van der Waals surface area contributed by atoms with E-state index in [1.54, 1.807) is 14.2 Å². The molecule has 1 unspecified atom stereocenters. The van der Waals surface area contributed by atoms with Crippen LogP contribution in [0.5, 0.6) is 0 Å². The van der Waals surface area contributed by atoms with Gasteiger partial charge in [0.1, 0.15) is 0 Å². The SMILES string of the molecule is CN=C(NCCC(=O)Nc1ccc(Br)cc1)NCC(OC)C(C)(C)C. The number of carbonyl (C=O) groups excluding carboxylic acids is 1. The Balaban J connectivity index is 2.35. The number of guanidine groups is 1. The number of anilines is 1. The van der Waals surface area contributed by atoms with Gasteiger partial charge in [-0.3, -0.25) is 9.79 Å². The highest BCUT2D eigenvalue weighted by Gasteiger charge is 2.24. The quantitative estimate of drug-likeness (QED) is 0.475. The topological polar surface area (TPSA) is 74.8 Å². The Kier molecular flexibility index (Phi) is 8.92. The van der Waals surface area contributed by atoms with Gasteiger partial charge in [-0.2, -0.15) is 0 Å². The number of carbonyl (C=O) groups is 1. The maximum Gasteiger partial charge on any atom is 0.226 e. The van der Waals surface area contributed by atoms with Gasteiger partial charge in [0.2, 0.25) is 5.91 Å². The summed E-state index contributed by atoms with van der Waals surface area (Å²) in [7, 11) is 3.41. The fraction of sp³-hybridized carbons (Fsp3) is 0.556. The summed E-state index contributed by atoms with van der Waals surface area (Å²) in [6, 6.07) is 7.49. The highest BCUT2D eigenvalue weighted by atomic mass is 79.9. The van der Waals surface area contributed by atoms with Gasteiger partial charge >= 0.3 is 0 Å². The third kappa shape index (κ3) is 8.36. The number of hydrogen-bond acceptors (Lipinski definition) is 3. The molecule has 1 atom stereocenters. The van der Waals surface area contributed by atoms with Gasteiger partial charge in [-0.15, -0.1) is 0 Å². The fourth-order valence-corrected chi connectivity index (χ4v) is 2.47. The number of ether oxygens (including phenoxy) is 1. The van der Waals surface area contributed by atoms with Crippen LogP contribution in [0.1, 0.15) is 27.2 Å². The summed E-state index contributed by atoms with van der Waals surface area (Å²) in [5, 5.41) is 9.23. The highest BCUT2D eigenvalue weighted by molar-refractivity contribution is 9.10. The lowest BCUT2D eigenvalue weighted by Gasteiger charge is -2.30. The predicted molar refractivity (Wildman–Crippen MR) is 107 cm³/mol. The molecule has 7 heteroatoms. The molecule has 0 fully saturated rings. The van der Waals surface area contributed by atoms with Crippen molar-refractivity contribution in [2.75, 3.05) is 32.6 Å². The Hall–Kier alpha value is -1.60. The minimum atomic E-state index is -0.0465. The first-order valence-electron chi connectivity index (χ1n) is 8.29. The summed E-state index contributed by atoms with van der Waals surface area (Å²) in [6.07, 6.45) is 0.413. The van der Waals surface area contributed by atoms with Gasteiger partial charge in [0.25, 0.3) is 0 Å². The van der Waals surface area contributed by atoms with Crippen molar-refractivity contribution < 1.29 is 9.53 Å². The van der Waals surface area contributed by atoms with Crippen LogP contribution in [0.25, 0.3) is 0 Å². The molecule has 3 N–H and O–H groups in total. The van der Waals surface area contributed by atoms with Gasteiger partial charge in [0.05, 0.1) is 6.10 Å². The molecule has 1 rings (SSSR count). The number of methoxy groups -OCH3 is 1. The number of aliphatic imine (C=N–C) groups is 1. The van der Waals surface area contributed by atoms with E-state index < -0.39 is 0 Å². The van der Waals surface area contributed by atoms with Crippen LogP contribution in [0.15, 0.2) is 33.7 Å². The van der Waals surface area contributed by atoms with E-state index in [-0.39, 0.29) is 17.4 Å². The first kappa shape index (κ1) is 21.4. The minimum Gasteiger partial charge on any atom is -0.379 e. The number of benzene rings is 1. The molecule has 1 amide bonds. The second kappa shape index (κ2) is 10.4. The lowest BCUT2D eigenvalue weighted by Crippen LogP contribution is -2.45. The zero-order valence-corrected chi connectivity index (χ0v) is 17.2. The van der Waals surface area contributed by atoms with Crippen LogP contribution in [-0.4, -0.2) is 45.2 Å². The Morgan fingerprint density at radius 1 is 1.24 bits per heavy atom. The summed E-state index contributed by atoms with van der Waals surface area (Å²) in [6.45, 7) is 7.53. The number of amides is 1. The zero-order valence-electron chi connectivity index (χ0n) is 15.6. The molecule has 0 aromatic heterocycles. The standard InChI is InChI=1S/C18H29BrN4O2/c1-18(2,3)15(25-5)12-22-17(20-4)21-11-10-16(24)23-14-8-6-13(19)7-9-14/h6-9,15H,10-12H2,1-5H3,(H,23,24)(H2,20,21,22). The molecule has 0 aliphatic carbocycles. The molecular formula is C18H29BrN4O2. The van der Waals surface area contributed by atoms with Crippen LogP contribution in [-0.2, 0) is 9.53 Å². The third-order valence-corrected chi connectivity index (χ3v) is 4.23. The summed E-state index contributed by atoms with van der Waals surface area (Å²) in [5.41, 5.74) is 0.814. The van der Waals surface area contributed by atoms with E-state index in [4.69, 9.17) is 4.74 Å². The first-order chi connectivity index (χ1) is 11.8. The van der Waals surface area contributed by atoms with Crippen molar-refractivity contribution in [3.05, 3.63) is 28.7 Å². The molecule has 0 saturated carbocycles. The molecule has 1 aromatic carbocycles. The van der Waals surface area contributed by atoms with Gasteiger partial charge in [-0.05, 0) is 29.7 Å². The van der Waals surface area contributed by atoms with Crippen molar-refractivity contribution >= 4 is 33.5 Å². The van der Waals surface area contributed by atoms with Crippen LogP contribution in [0.3, 0.4) is 0 Å². The van der Waals surface area contributed by atoms with Crippen LogP contribution >= 0.6 is 15.9 Å². The molecule has 6 nitrogen and oxygen atoms in total. The molecular weight excluding hydrogens is 384 g/mol. The zero-order chi connectivity index (χ0) is 18.9. The van der Waals surface area contributed by atoms with Crippen molar-refractivity contribution in [3.8, 4) is 0 Å². The van der Waals surface area contributed by atoms with Gasteiger partial charge in [-0.1, -0.05) is 36.7 Å². The van der Waals surface area contributed by atoms with Gasteiger partial charge in [0.15, 0.2) is 5.96 Å². The van der Waals surface area contributed by atoms with Crippen molar-refractivity contribution in [2.24, 2.45) is 10.4 Å². The van der Waals surface area contributed by atoms with Crippen LogP contribution < -0.4 is 16.0 Å². The molecule has 0 spiro atoms. The average Bonchev–Trinajstić information content (AvgIpc) is 2.54. The van der Waals surface area contributed by atoms with E-state index in [1.165, 1.54) is 0 Å². The smallest absolute Gasteiger partial charge is 0.226 e. The maximum absolute atomic E-state index is 12.0. The van der Waals surface area contributed by atoms with Crippen LogP contribution in [0, 0.1) is 5.41 Å². The van der Waals surface area contributed by atoms with Crippen molar-refractivity contribution in [2.45, 2.75) is 33.3 Å². The number of nitrogens with one attached hydrogen (secondary N) is 3. The largest absolute Gasteiger partial charge is 0.379 e. The molecule has 140 valence electrons. The van der Waals surface area contributed by atoms with Crippen LogP contribution in [0.4, 0.5) is 5.69 Å². The van der Waals surface area contributed by atoms with E-state index in [9.17, 15) is 4.79 Å². The number of hydrogen-bond donors (Lipinski definition) is 3. The Morgan fingerprint density at radius 2 is 1.88 bits per heavy atom. The monoisotopic (exact) mass is 412 g/mol. The molecule has 0 bridgehead atoms. The number of nitrogens with zero attached hydrogens (tertiary/aromatic N) is 1. The molecule has 0 aliphatic rings. The van der Waals surface area contributed by atoms with Crippen molar-refractivity contribution in [1.29, 1.82) is 0 Å². The lowest BCUT2D eigenvalue weighted by molar-refractivity contribution is -0.116. The fourth-order valence-electron chi connectivity index (χ4n) is 2.20. The number of rotatable bonds is 7. The van der Waals surface area contributed by atoms with Gasteiger partial charge in [0, 0.05) is 43.8 Å². The van der Waals surface area contributed by atoms with Crippen molar-refractivity contribution in [1.82, 2.24) is 10.6 Å². The van der Waals surface area contributed by atoms with Crippen molar-refractivity contribution in [3.63, 3.8) is 0 Å². The summed E-state index contributed by atoms with van der Waals surface area (Å²) < 4.78 is 6.49. The summed E-state index contributed by atoms with van der Waals surface area (Å²) >= 11 is 3.37. The first-order valence-corrected chi connectivity index (χ1v) is 9.08. The summed E-state index contributed by atoms with van der Waals surface area (Å²) in [5.74, 6) is 0.609. The minimum absolute atomic E-state index is 0.0329. The Morgan fingerprint density at radius 3 is 2.40 bits per heavy atom. The highest BCUT2D eigenvalue weighted by Crippen LogP contribution is 2.20. The summed E-state index contributed by atoms with van der Waals surface area (Å²) in [4.78, 5) is 16.1. The molecule has 1 aromatic rings. The second-order valence-corrected chi connectivity index (χ2v) is 7.69. The Labute approximate surface area is 158 Å². The van der Waals surface area contributed by atoms with E-state index in [0.29, 0.717) is 25.5 Å². The Bertz CT molecular complexity index is 567. The molecule has 0 aliphatic heterocycles. The maximum atomic E-state index is 12.0. The van der Waals surface area contributed by atoms with Gasteiger partial charge in [-0.25, -0.2) is 0 Å². The normalized spacial score (nSPS) is 13.3. The molecule has 25 heavy (non-hydrogen) atoms. The average molecular weight is 413 g/mol. The number of halogens is 1. The third-order valence-electron chi connectivity index (χ3n) is 3.70. The molecule has 0 heterocycles. The van der Waals surface area contributed by atoms with E-state index >= 15 is 0 Å². The second-order valence-electron chi connectivity index (χ2n) is 6.78. The van der Waals surface area contributed by atoms with E-state index in [2.05, 4.69) is 57.6 Å². The van der Waals surface area contributed by atoms with Crippen LogP contribution in [0.2, 0.25) is 0 Å². The van der Waals surface area contributed by atoms with E-state index in [1.807, 2.05) is 24.3 Å². The molecule has 0 radical (unpaired) electrons. The predicted octanol–water partition coefficient (Wildman–Crippen LogP) is 3.00. The lowest BCUT2D eigenvalue weighted by atomic mass is 9.89.